The van der Waals surface area contributed by atoms with Gasteiger partial charge in [-0.3, -0.25) is 4.79 Å². The third kappa shape index (κ3) is 2.79. The summed E-state index contributed by atoms with van der Waals surface area (Å²) in [6, 6.07) is 17.4. The molecular formula is C16H14ClNO. The van der Waals surface area contributed by atoms with Gasteiger partial charge in [0, 0.05) is 16.6 Å². The highest BCUT2D eigenvalue weighted by atomic mass is 35.5. The maximum Gasteiger partial charge on any atom is 0.228 e. The van der Waals surface area contributed by atoms with Gasteiger partial charge in [-0.05, 0) is 36.1 Å². The molecule has 0 unspecified atom stereocenters. The molecular weight excluding hydrogens is 258 g/mol. The molecule has 0 radical (unpaired) electrons. The third-order valence-corrected chi connectivity index (χ3v) is 3.68. The van der Waals surface area contributed by atoms with Gasteiger partial charge in [-0.2, -0.15) is 0 Å². The first-order valence-electron chi connectivity index (χ1n) is 6.35. The number of amides is 1. The summed E-state index contributed by atoms with van der Waals surface area (Å²) in [7, 11) is 0. The van der Waals surface area contributed by atoms with Crippen molar-refractivity contribution in [3.63, 3.8) is 0 Å². The number of halogens is 1. The number of hydrogen-bond donors (Lipinski definition) is 1. The van der Waals surface area contributed by atoms with Gasteiger partial charge in [-0.1, -0.05) is 48.0 Å². The van der Waals surface area contributed by atoms with Crippen molar-refractivity contribution in [3.8, 4) is 0 Å². The van der Waals surface area contributed by atoms with Crippen LogP contribution in [0, 0.1) is 5.92 Å². The molecule has 19 heavy (non-hydrogen) atoms. The molecule has 1 N–H and O–H groups in total. The van der Waals surface area contributed by atoms with Crippen LogP contribution in [0.3, 0.4) is 0 Å². The van der Waals surface area contributed by atoms with Crippen molar-refractivity contribution in [1.82, 2.24) is 0 Å². The monoisotopic (exact) mass is 271 g/mol. The first-order valence-corrected chi connectivity index (χ1v) is 6.73. The molecule has 3 heteroatoms. The largest absolute Gasteiger partial charge is 0.326 e. The third-order valence-electron chi connectivity index (χ3n) is 3.45. The van der Waals surface area contributed by atoms with Gasteiger partial charge in [-0.15, -0.1) is 0 Å². The molecule has 0 spiro atoms. The molecule has 0 aromatic heterocycles. The highest BCUT2D eigenvalue weighted by molar-refractivity contribution is 6.30. The second kappa shape index (κ2) is 5.06. The van der Waals surface area contributed by atoms with E-state index >= 15 is 0 Å². The SMILES string of the molecule is O=C(Nc1cccc(Cl)c1)[C@@H]1C[C@H]1c1ccccc1. The molecule has 1 saturated carbocycles. The van der Waals surface area contributed by atoms with E-state index in [-0.39, 0.29) is 11.8 Å². The Morgan fingerprint density at radius 3 is 2.63 bits per heavy atom. The number of benzene rings is 2. The summed E-state index contributed by atoms with van der Waals surface area (Å²) in [5.74, 6) is 0.526. The predicted molar refractivity (Wildman–Crippen MR) is 77.4 cm³/mol. The lowest BCUT2D eigenvalue weighted by Gasteiger charge is -2.05. The summed E-state index contributed by atoms with van der Waals surface area (Å²) in [4.78, 5) is 12.1. The first kappa shape index (κ1) is 12.2. The average molecular weight is 272 g/mol. The van der Waals surface area contributed by atoms with Crippen LogP contribution in [-0.4, -0.2) is 5.91 Å². The number of carbonyl (C=O) groups excluding carboxylic acids is 1. The molecule has 1 fully saturated rings. The molecule has 1 aliphatic carbocycles. The summed E-state index contributed by atoms with van der Waals surface area (Å²) in [5.41, 5.74) is 2.00. The quantitative estimate of drug-likeness (QED) is 0.895. The first-order chi connectivity index (χ1) is 9.24. The van der Waals surface area contributed by atoms with Gasteiger partial charge in [0.2, 0.25) is 5.91 Å². The fourth-order valence-electron chi connectivity index (χ4n) is 2.35. The maximum absolute atomic E-state index is 12.1. The van der Waals surface area contributed by atoms with E-state index in [0.29, 0.717) is 10.9 Å². The molecule has 3 rings (SSSR count). The minimum atomic E-state index is 0.0797. The standard InChI is InChI=1S/C16H14ClNO/c17-12-7-4-8-13(9-12)18-16(19)15-10-14(15)11-5-2-1-3-6-11/h1-9,14-15H,10H2,(H,18,19)/t14-,15+/m0/s1. The lowest BCUT2D eigenvalue weighted by molar-refractivity contribution is -0.117. The van der Waals surface area contributed by atoms with Gasteiger partial charge < -0.3 is 5.32 Å². The Balaban J connectivity index is 1.64. The van der Waals surface area contributed by atoms with Gasteiger partial charge in [0.05, 0.1) is 0 Å². The van der Waals surface area contributed by atoms with E-state index in [2.05, 4.69) is 17.4 Å². The van der Waals surface area contributed by atoms with Crippen molar-refractivity contribution >= 4 is 23.2 Å². The highest BCUT2D eigenvalue weighted by Gasteiger charge is 2.43. The van der Waals surface area contributed by atoms with Gasteiger partial charge in [0.15, 0.2) is 0 Å². The Kier molecular flexibility index (Phi) is 3.26. The Bertz CT molecular complexity index is 597. The zero-order valence-electron chi connectivity index (χ0n) is 10.3. The minimum absolute atomic E-state index is 0.0797. The Hall–Kier alpha value is -1.80. The number of rotatable bonds is 3. The lowest BCUT2D eigenvalue weighted by Crippen LogP contribution is -2.14. The Morgan fingerprint density at radius 2 is 1.89 bits per heavy atom. The average Bonchev–Trinajstić information content (AvgIpc) is 3.20. The molecule has 96 valence electrons. The van der Waals surface area contributed by atoms with Crippen molar-refractivity contribution in [1.29, 1.82) is 0 Å². The smallest absolute Gasteiger partial charge is 0.228 e. The van der Waals surface area contributed by atoms with Crippen molar-refractivity contribution in [2.24, 2.45) is 5.92 Å². The lowest BCUT2D eigenvalue weighted by atomic mass is 10.1. The fraction of sp³-hybridized carbons (Fsp3) is 0.188. The number of hydrogen-bond acceptors (Lipinski definition) is 1. The molecule has 0 saturated heterocycles. The van der Waals surface area contributed by atoms with Crippen LogP contribution in [0.25, 0.3) is 0 Å². The predicted octanol–water partition coefficient (Wildman–Crippen LogP) is 4.08. The topological polar surface area (TPSA) is 29.1 Å². The second-order valence-electron chi connectivity index (χ2n) is 4.86. The van der Waals surface area contributed by atoms with Crippen LogP contribution in [-0.2, 0) is 4.79 Å². The van der Waals surface area contributed by atoms with E-state index in [9.17, 15) is 4.79 Å². The molecule has 0 heterocycles. The van der Waals surface area contributed by atoms with Crippen molar-refractivity contribution in [3.05, 3.63) is 65.2 Å². The van der Waals surface area contributed by atoms with Crippen LogP contribution in [0.15, 0.2) is 54.6 Å². The van der Waals surface area contributed by atoms with Gasteiger partial charge in [-0.25, -0.2) is 0 Å². The molecule has 0 bridgehead atoms. The zero-order chi connectivity index (χ0) is 13.2. The highest BCUT2D eigenvalue weighted by Crippen LogP contribution is 2.47. The number of carbonyl (C=O) groups is 1. The van der Waals surface area contributed by atoms with Crippen LogP contribution >= 0.6 is 11.6 Å². The van der Waals surface area contributed by atoms with Crippen LogP contribution in [0.1, 0.15) is 17.9 Å². The summed E-state index contributed by atoms with van der Waals surface area (Å²) < 4.78 is 0. The van der Waals surface area contributed by atoms with E-state index in [1.165, 1.54) is 5.56 Å². The molecule has 2 atom stereocenters. The Morgan fingerprint density at radius 1 is 1.11 bits per heavy atom. The number of anilines is 1. The summed E-state index contributed by atoms with van der Waals surface area (Å²) in [6.45, 7) is 0. The Labute approximate surface area is 117 Å². The van der Waals surface area contributed by atoms with E-state index in [4.69, 9.17) is 11.6 Å². The van der Waals surface area contributed by atoms with Gasteiger partial charge >= 0.3 is 0 Å². The van der Waals surface area contributed by atoms with Crippen molar-refractivity contribution in [2.45, 2.75) is 12.3 Å². The molecule has 2 aromatic rings. The molecule has 1 amide bonds. The summed E-state index contributed by atoms with van der Waals surface area (Å²) in [6.07, 6.45) is 0.927. The minimum Gasteiger partial charge on any atom is -0.326 e. The van der Waals surface area contributed by atoms with Gasteiger partial charge in [0.25, 0.3) is 0 Å². The fourth-order valence-corrected chi connectivity index (χ4v) is 2.54. The van der Waals surface area contributed by atoms with E-state index in [1.54, 1.807) is 12.1 Å². The molecule has 0 aliphatic heterocycles. The maximum atomic E-state index is 12.1. The van der Waals surface area contributed by atoms with Crippen LogP contribution in [0.4, 0.5) is 5.69 Å². The van der Waals surface area contributed by atoms with Crippen LogP contribution in [0.2, 0.25) is 5.02 Å². The van der Waals surface area contributed by atoms with Crippen LogP contribution in [0.5, 0.6) is 0 Å². The normalized spacial score (nSPS) is 20.9. The summed E-state index contributed by atoms with van der Waals surface area (Å²) in [5, 5.41) is 3.55. The van der Waals surface area contributed by atoms with E-state index in [0.717, 1.165) is 12.1 Å². The van der Waals surface area contributed by atoms with Crippen LogP contribution < -0.4 is 5.32 Å². The molecule has 2 nitrogen and oxygen atoms in total. The molecule has 2 aromatic carbocycles. The molecule has 1 aliphatic rings. The van der Waals surface area contributed by atoms with Crippen molar-refractivity contribution < 1.29 is 4.79 Å². The van der Waals surface area contributed by atoms with Crippen molar-refractivity contribution in [2.75, 3.05) is 5.32 Å². The summed E-state index contributed by atoms with van der Waals surface area (Å²) >= 11 is 5.90. The van der Waals surface area contributed by atoms with Gasteiger partial charge in [0.1, 0.15) is 0 Å². The second-order valence-corrected chi connectivity index (χ2v) is 5.30. The van der Waals surface area contributed by atoms with E-state index in [1.807, 2.05) is 30.3 Å². The number of nitrogens with one attached hydrogen (secondary N) is 1. The zero-order valence-corrected chi connectivity index (χ0v) is 11.1. The van der Waals surface area contributed by atoms with E-state index < -0.39 is 0 Å².